The van der Waals surface area contributed by atoms with Crippen LogP contribution in [0, 0.1) is 11.6 Å². The van der Waals surface area contributed by atoms with Gasteiger partial charge in [-0.1, -0.05) is 25.5 Å². The highest BCUT2D eigenvalue weighted by Crippen LogP contribution is 2.27. The van der Waals surface area contributed by atoms with Gasteiger partial charge in [0.05, 0.1) is 12.6 Å². The number of halogens is 2. The van der Waals surface area contributed by atoms with Gasteiger partial charge >= 0.3 is 0 Å². The molecule has 0 N–H and O–H groups in total. The average Bonchev–Trinajstić information content (AvgIpc) is 3.22. The van der Waals surface area contributed by atoms with Crippen molar-refractivity contribution in [1.82, 2.24) is 25.1 Å². The average molecular weight is 412 g/mol. The number of hydrogen-bond donors (Lipinski definition) is 0. The number of hydrogen-bond acceptors (Lipinski definition) is 5. The van der Waals surface area contributed by atoms with Crippen molar-refractivity contribution in [3.8, 4) is 0 Å². The second-order valence-corrected chi connectivity index (χ2v) is 7.63. The fourth-order valence-corrected chi connectivity index (χ4v) is 4.02. The van der Waals surface area contributed by atoms with Gasteiger partial charge in [0.1, 0.15) is 11.6 Å². The SMILES string of the molecule is CCCC(c1nnnn1Cc1ccc(F)cc1)N1CCN(c2ccc(F)cc2)CC1. The van der Waals surface area contributed by atoms with Crippen LogP contribution in [0.4, 0.5) is 14.5 Å². The molecule has 158 valence electrons. The minimum atomic E-state index is -0.251. The lowest BCUT2D eigenvalue weighted by Gasteiger charge is -2.39. The molecule has 4 rings (SSSR count). The summed E-state index contributed by atoms with van der Waals surface area (Å²) in [5.41, 5.74) is 2.01. The van der Waals surface area contributed by atoms with Crippen molar-refractivity contribution >= 4 is 5.69 Å². The first kappa shape index (κ1) is 20.4. The third kappa shape index (κ3) is 4.64. The monoisotopic (exact) mass is 412 g/mol. The Labute approximate surface area is 175 Å². The Hall–Kier alpha value is -2.87. The fourth-order valence-electron chi connectivity index (χ4n) is 4.02. The maximum absolute atomic E-state index is 13.2. The predicted octanol–water partition coefficient (Wildman–Crippen LogP) is 3.66. The Morgan fingerprint density at radius 2 is 1.53 bits per heavy atom. The number of nitrogens with zero attached hydrogens (tertiary/aromatic N) is 6. The Kier molecular flexibility index (Phi) is 6.32. The standard InChI is InChI=1S/C22H26F2N6/c1-2-3-21(22-25-26-27-30(22)16-17-4-6-18(23)7-5-17)29-14-12-28(13-15-29)20-10-8-19(24)9-11-20/h4-11,21H,2-3,12-16H2,1H3. The fraction of sp³-hybridized carbons (Fsp3) is 0.409. The van der Waals surface area contributed by atoms with Crippen LogP contribution in [0.3, 0.4) is 0 Å². The summed E-state index contributed by atoms with van der Waals surface area (Å²) in [5, 5.41) is 12.5. The predicted molar refractivity (Wildman–Crippen MR) is 111 cm³/mol. The summed E-state index contributed by atoms with van der Waals surface area (Å²) in [6, 6.07) is 13.2. The van der Waals surface area contributed by atoms with E-state index in [2.05, 4.69) is 32.2 Å². The zero-order valence-corrected chi connectivity index (χ0v) is 17.1. The normalized spacial score (nSPS) is 16.0. The van der Waals surface area contributed by atoms with Crippen molar-refractivity contribution in [2.45, 2.75) is 32.4 Å². The lowest BCUT2D eigenvalue weighted by Crippen LogP contribution is -2.48. The molecule has 1 unspecified atom stereocenters. The number of benzene rings is 2. The van der Waals surface area contributed by atoms with E-state index < -0.39 is 0 Å². The first-order chi connectivity index (χ1) is 14.6. The second-order valence-electron chi connectivity index (χ2n) is 7.63. The van der Waals surface area contributed by atoms with Gasteiger partial charge in [0.15, 0.2) is 5.82 Å². The Balaban J connectivity index is 1.46. The number of piperazine rings is 1. The van der Waals surface area contributed by atoms with E-state index in [1.54, 1.807) is 12.1 Å². The maximum Gasteiger partial charge on any atom is 0.168 e. The van der Waals surface area contributed by atoms with E-state index in [-0.39, 0.29) is 17.7 Å². The molecule has 8 heteroatoms. The summed E-state index contributed by atoms with van der Waals surface area (Å²) < 4.78 is 28.2. The first-order valence-corrected chi connectivity index (χ1v) is 10.4. The second kappa shape index (κ2) is 9.30. The quantitative estimate of drug-likeness (QED) is 0.593. The van der Waals surface area contributed by atoms with Crippen LogP contribution in [0.1, 0.15) is 37.2 Å². The van der Waals surface area contributed by atoms with Crippen LogP contribution in [0.25, 0.3) is 0 Å². The van der Waals surface area contributed by atoms with E-state index in [4.69, 9.17) is 0 Å². The van der Waals surface area contributed by atoms with Gasteiger partial charge in [0.25, 0.3) is 0 Å². The van der Waals surface area contributed by atoms with Gasteiger partial charge in [-0.15, -0.1) is 5.10 Å². The van der Waals surface area contributed by atoms with Crippen molar-refractivity contribution in [3.63, 3.8) is 0 Å². The molecule has 0 bridgehead atoms. The van der Waals surface area contributed by atoms with E-state index in [9.17, 15) is 8.78 Å². The highest BCUT2D eigenvalue weighted by molar-refractivity contribution is 5.46. The molecule has 2 aromatic carbocycles. The summed E-state index contributed by atoms with van der Waals surface area (Å²) in [4.78, 5) is 4.71. The molecule has 0 amide bonds. The van der Waals surface area contributed by atoms with Crippen LogP contribution >= 0.6 is 0 Å². The number of aromatic nitrogens is 4. The van der Waals surface area contributed by atoms with Crippen molar-refractivity contribution in [1.29, 1.82) is 0 Å². The lowest BCUT2D eigenvalue weighted by molar-refractivity contribution is 0.164. The molecule has 0 saturated carbocycles. The molecule has 6 nitrogen and oxygen atoms in total. The van der Waals surface area contributed by atoms with Gasteiger partial charge in [-0.3, -0.25) is 4.90 Å². The lowest BCUT2D eigenvalue weighted by atomic mass is 10.1. The van der Waals surface area contributed by atoms with Crippen LogP contribution in [0.15, 0.2) is 48.5 Å². The Morgan fingerprint density at radius 3 is 2.17 bits per heavy atom. The minimum Gasteiger partial charge on any atom is -0.369 e. The summed E-state index contributed by atoms with van der Waals surface area (Å²) in [7, 11) is 0. The van der Waals surface area contributed by atoms with E-state index in [1.807, 2.05) is 16.8 Å². The van der Waals surface area contributed by atoms with Crippen LogP contribution < -0.4 is 4.90 Å². The van der Waals surface area contributed by atoms with Crippen LogP contribution in [0.2, 0.25) is 0 Å². The molecule has 1 fully saturated rings. The third-order valence-corrected chi connectivity index (χ3v) is 5.61. The van der Waals surface area contributed by atoms with Gasteiger partial charge < -0.3 is 4.90 Å². The summed E-state index contributed by atoms with van der Waals surface area (Å²) in [5.74, 6) is 0.378. The maximum atomic E-state index is 13.2. The molecule has 3 aromatic rings. The zero-order valence-electron chi connectivity index (χ0n) is 17.1. The van der Waals surface area contributed by atoms with E-state index in [1.165, 1.54) is 24.3 Å². The number of anilines is 1. The van der Waals surface area contributed by atoms with Gasteiger partial charge in [-0.2, -0.15) is 0 Å². The molecule has 0 spiro atoms. The molecule has 30 heavy (non-hydrogen) atoms. The van der Waals surface area contributed by atoms with E-state index in [0.29, 0.717) is 6.54 Å². The molecular formula is C22H26F2N6. The first-order valence-electron chi connectivity index (χ1n) is 10.4. The smallest absolute Gasteiger partial charge is 0.168 e. The van der Waals surface area contributed by atoms with Gasteiger partial charge in [0.2, 0.25) is 0 Å². The number of tetrazole rings is 1. The molecule has 0 aliphatic carbocycles. The molecule has 1 atom stereocenters. The van der Waals surface area contributed by atoms with Crippen LogP contribution in [-0.4, -0.2) is 51.3 Å². The molecule has 1 saturated heterocycles. The van der Waals surface area contributed by atoms with Crippen molar-refractivity contribution in [3.05, 3.63) is 71.6 Å². The molecule has 1 aromatic heterocycles. The zero-order chi connectivity index (χ0) is 20.9. The molecular weight excluding hydrogens is 386 g/mol. The van der Waals surface area contributed by atoms with Gasteiger partial charge in [0, 0.05) is 31.9 Å². The molecule has 1 aliphatic heterocycles. The van der Waals surface area contributed by atoms with Crippen molar-refractivity contribution in [2.75, 3.05) is 31.1 Å². The van der Waals surface area contributed by atoms with Crippen molar-refractivity contribution in [2.24, 2.45) is 0 Å². The highest BCUT2D eigenvalue weighted by Gasteiger charge is 2.28. The molecule has 0 radical (unpaired) electrons. The molecule has 1 aliphatic rings. The van der Waals surface area contributed by atoms with Gasteiger partial charge in [-0.05, 0) is 58.8 Å². The summed E-state index contributed by atoms with van der Waals surface area (Å²) in [6.07, 6.45) is 1.98. The van der Waals surface area contributed by atoms with Crippen LogP contribution in [-0.2, 0) is 6.54 Å². The Morgan fingerprint density at radius 1 is 0.900 bits per heavy atom. The van der Waals surface area contributed by atoms with Gasteiger partial charge in [-0.25, -0.2) is 13.5 Å². The topological polar surface area (TPSA) is 50.1 Å². The van der Waals surface area contributed by atoms with E-state index >= 15 is 0 Å². The largest absolute Gasteiger partial charge is 0.369 e. The highest BCUT2D eigenvalue weighted by atomic mass is 19.1. The Bertz CT molecular complexity index is 933. The minimum absolute atomic E-state index is 0.126. The number of rotatable bonds is 7. The molecule has 2 heterocycles. The van der Waals surface area contributed by atoms with Crippen molar-refractivity contribution < 1.29 is 8.78 Å². The summed E-state index contributed by atoms with van der Waals surface area (Å²) >= 11 is 0. The van der Waals surface area contributed by atoms with Crippen LogP contribution in [0.5, 0.6) is 0 Å². The third-order valence-electron chi connectivity index (χ3n) is 5.61. The van der Waals surface area contributed by atoms with E-state index in [0.717, 1.165) is 56.1 Å². The summed E-state index contributed by atoms with van der Waals surface area (Å²) in [6.45, 7) is 6.17.